The molecular weight excluding hydrogens is 443 g/mol. The van der Waals surface area contributed by atoms with E-state index in [-0.39, 0.29) is 29.3 Å². The monoisotopic (exact) mass is 465 g/mol. The van der Waals surface area contributed by atoms with Gasteiger partial charge >= 0.3 is 6.18 Å². The largest absolute Gasteiger partial charge is 0.418 e. The zero-order chi connectivity index (χ0) is 24.7. The third-order valence-electron chi connectivity index (χ3n) is 4.81. The summed E-state index contributed by atoms with van der Waals surface area (Å²) in [5, 5.41) is 4.97. The quantitative estimate of drug-likeness (QED) is 0.570. The fourth-order valence-electron chi connectivity index (χ4n) is 3.04. The number of Topliss-reactive ketones (excluding diaryl/α,β-unsaturated/α-hetero) is 1. The van der Waals surface area contributed by atoms with Crippen LogP contribution in [0.15, 0.2) is 65.3 Å². The van der Waals surface area contributed by atoms with Crippen LogP contribution < -0.4 is 10.6 Å². The number of carbonyl (C=O) groups excluding carboxylic acids is 2. The fraction of sp³-hybridized carbons (Fsp3) is 0.192. The summed E-state index contributed by atoms with van der Waals surface area (Å²) < 4.78 is 40.5. The Morgan fingerprint density at radius 1 is 1.12 bits per heavy atom. The number of nitrogens with zero attached hydrogens (tertiary/aromatic N) is 1. The Kier molecular flexibility index (Phi) is 7.69. The lowest BCUT2D eigenvalue weighted by Gasteiger charge is -2.16. The number of aliphatic imine (C=N–C) groups is 1. The van der Waals surface area contributed by atoms with Gasteiger partial charge in [0.05, 0.1) is 12.1 Å². The molecule has 0 fully saturated rings. The van der Waals surface area contributed by atoms with E-state index in [1.807, 2.05) is 19.1 Å². The van der Waals surface area contributed by atoms with Gasteiger partial charge < -0.3 is 10.6 Å². The van der Waals surface area contributed by atoms with Gasteiger partial charge in [-0.05, 0) is 55.8 Å². The van der Waals surface area contributed by atoms with Gasteiger partial charge in [0.2, 0.25) is 0 Å². The van der Waals surface area contributed by atoms with E-state index in [9.17, 15) is 22.8 Å². The molecule has 0 aromatic heterocycles. The molecule has 2 N–H and O–H groups in total. The Morgan fingerprint density at radius 2 is 1.91 bits per heavy atom. The van der Waals surface area contributed by atoms with Crippen LogP contribution in [-0.2, 0) is 11.0 Å². The molecule has 2 aromatic carbocycles. The van der Waals surface area contributed by atoms with Crippen molar-refractivity contribution in [3.63, 3.8) is 0 Å². The summed E-state index contributed by atoms with van der Waals surface area (Å²) in [6.45, 7) is 2.89. The lowest BCUT2D eigenvalue weighted by Crippen LogP contribution is -2.17. The molecule has 0 unspecified atom stereocenters. The molecule has 2 aromatic rings. The molecule has 0 radical (unpaired) electrons. The highest BCUT2D eigenvalue weighted by Crippen LogP contribution is 2.36. The molecule has 5 nitrogen and oxygen atoms in total. The first-order chi connectivity index (χ1) is 16.1. The van der Waals surface area contributed by atoms with Crippen molar-refractivity contribution in [1.29, 1.82) is 0 Å². The number of allylic oxidation sites excluding steroid dienone is 3. The van der Waals surface area contributed by atoms with E-state index in [0.717, 1.165) is 23.6 Å². The summed E-state index contributed by atoms with van der Waals surface area (Å²) in [6.07, 6.45) is 3.26. The van der Waals surface area contributed by atoms with Crippen molar-refractivity contribution in [2.45, 2.75) is 26.4 Å². The average molecular weight is 465 g/mol. The number of anilines is 2. The van der Waals surface area contributed by atoms with E-state index in [0.29, 0.717) is 5.56 Å². The zero-order valence-corrected chi connectivity index (χ0v) is 18.6. The molecule has 0 saturated carbocycles. The van der Waals surface area contributed by atoms with Gasteiger partial charge in [0.1, 0.15) is 5.78 Å². The summed E-state index contributed by atoms with van der Waals surface area (Å²) in [5.41, 5.74) is 1.22. The van der Waals surface area contributed by atoms with E-state index < -0.39 is 17.6 Å². The number of hydrogen-bond donors (Lipinski definition) is 2. The first-order valence-corrected chi connectivity index (χ1v) is 10.4. The van der Waals surface area contributed by atoms with Crippen LogP contribution in [0.25, 0.3) is 0 Å². The standard InChI is InChI=1S/C26H22F3N3O2/c1-17-6-8-21(13-20(17)9-7-19-5-3-4-12-30-16-19)25(34)32-22-10-11-24(31-15-18(2)33)23(14-22)26(27,28)29/h3,5-6,8,10-14,16,31H,4,15H2,1-2H3,(H,32,34). The molecule has 0 spiro atoms. The molecule has 1 heterocycles. The maximum Gasteiger partial charge on any atom is 0.418 e. The Morgan fingerprint density at radius 3 is 2.65 bits per heavy atom. The van der Waals surface area contributed by atoms with Crippen molar-refractivity contribution in [3.05, 3.63) is 82.6 Å². The third kappa shape index (κ3) is 6.69. The topological polar surface area (TPSA) is 70.6 Å². The number of hydrogen-bond acceptors (Lipinski definition) is 4. The number of amides is 1. The highest BCUT2D eigenvalue weighted by Gasteiger charge is 2.34. The van der Waals surface area contributed by atoms with Gasteiger partial charge in [-0.1, -0.05) is 24.0 Å². The van der Waals surface area contributed by atoms with Crippen LogP contribution in [0.5, 0.6) is 0 Å². The number of alkyl halides is 3. The number of benzene rings is 2. The molecule has 0 aliphatic carbocycles. The smallest absolute Gasteiger partial charge is 0.377 e. The summed E-state index contributed by atoms with van der Waals surface area (Å²) in [6, 6.07) is 8.26. The highest BCUT2D eigenvalue weighted by molar-refractivity contribution is 6.04. The molecule has 0 bridgehead atoms. The van der Waals surface area contributed by atoms with E-state index in [1.54, 1.807) is 30.6 Å². The molecule has 1 amide bonds. The molecule has 34 heavy (non-hydrogen) atoms. The number of ketones is 1. The van der Waals surface area contributed by atoms with Crippen LogP contribution >= 0.6 is 0 Å². The van der Waals surface area contributed by atoms with Gasteiger partial charge in [0.15, 0.2) is 0 Å². The van der Waals surface area contributed by atoms with Crippen LogP contribution in [0.3, 0.4) is 0 Å². The fourth-order valence-corrected chi connectivity index (χ4v) is 3.04. The van der Waals surface area contributed by atoms with Gasteiger partial charge in [0.25, 0.3) is 5.91 Å². The Balaban J connectivity index is 1.83. The van der Waals surface area contributed by atoms with Crippen LogP contribution in [0, 0.1) is 18.8 Å². The minimum atomic E-state index is -4.67. The van der Waals surface area contributed by atoms with E-state index in [4.69, 9.17) is 0 Å². The molecule has 0 saturated heterocycles. The number of rotatable bonds is 5. The number of carbonyl (C=O) groups is 2. The lowest BCUT2D eigenvalue weighted by atomic mass is 10.0. The second-order valence-corrected chi connectivity index (χ2v) is 7.60. The number of nitrogens with one attached hydrogen (secondary N) is 2. The van der Waals surface area contributed by atoms with Gasteiger partial charge in [-0.3, -0.25) is 14.6 Å². The van der Waals surface area contributed by atoms with Crippen molar-refractivity contribution in [2.24, 2.45) is 4.99 Å². The van der Waals surface area contributed by atoms with E-state index in [1.165, 1.54) is 19.1 Å². The molecule has 1 aliphatic rings. The Hall–Kier alpha value is -4.12. The predicted molar refractivity (Wildman–Crippen MR) is 127 cm³/mol. The van der Waals surface area contributed by atoms with Crippen LogP contribution in [0.2, 0.25) is 0 Å². The highest BCUT2D eigenvalue weighted by atomic mass is 19.4. The summed E-state index contributed by atoms with van der Waals surface area (Å²) >= 11 is 0. The average Bonchev–Trinajstić information content (AvgIpc) is 3.05. The summed E-state index contributed by atoms with van der Waals surface area (Å²) in [7, 11) is 0. The maximum atomic E-state index is 13.5. The first kappa shape index (κ1) is 24.5. The van der Waals surface area contributed by atoms with Crippen LogP contribution in [-0.4, -0.2) is 24.4 Å². The van der Waals surface area contributed by atoms with Gasteiger partial charge in [-0.2, -0.15) is 13.2 Å². The third-order valence-corrected chi connectivity index (χ3v) is 4.81. The van der Waals surface area contributed by atoms with Crippen molar-refractivity contribution >= 4 is 29.3 Å². The summed E-state index contributed by atoms with van der Waals surface area (Å²) in [5.74, 6) is 5.16. The molecule has 1 aliphatic heterocycles. The second kappa shape index (κ2) is 10.7. The molecule has 8 heteroatoms. The van der Waals surface area contributed by atoms with Crippen molar-refractivity contribution < 1.29 is 22.8 Å². The normalized spacial score (nSPS) is 12.8. The van der Waals surface area contributed by atoms with E-state index in [2.05, 4.69) is 27.5 Å². The first-order valence-electron chi connectivity index (χ1n) is 10.4. The maximum absolute atomic E-state index is 13.5. The Labute approximate surface area is 195 Å². The molecule has 174 valence electrons. The van der Waals surface area contributed by atoms with Gasteiger partial charge in [0, 0.05) is 46.9 Å². The molecule has 0 atom stereocenters. The number of halogens is 3. The molecular formula is C26H22F3N3O2. The lowest BCUT2D eigenvalue weighted by molar-refractivity contribution is -0.137. The minimum Gasteiger partial charge on any atom is -0.377 e. The number of aryl methyl sites for hydroxylation is 1. The Bertz CT molecular complexity index is 1260. The van der Waals surface area contributed by atoms with E-state index >= 15 is 0 Å². The van der Waals surface area contributed by atoms with Crippen molar-refractivity contribution in [2.75, 3.05) is 17.2 Å². The zero-order valence-electron chi connectivity index (χ0n) is 18.6. The summed E-state index contributed by atoms with van der Waals surface area (Å²) in [4.78, 5) is 28.0. The molecule has 3 rings (SSSR count). The van der Waals surface area contributed by atoms with Gasteiger partial charge in [-0.15, -0.1) is 0 Å². The van der Waals surface area contributed by atoms with Crippen LogP contribution in [0.1, 0.15) is 40.4 Å². The predicted octanol–water partition coefficient (Wildman–Crippen LogP) is 5.53. The van der Waals surface area contributed by atoms with Crippen molar-refractivity contribution in [1.82, 2.24) is 0 Å². The minimum absolute atomic E-state index is 0.0227. The SMILES string of the molecule is CC(=O)CNc1ccc(NC(=O)c2ccc(C)c(C#CC3=CN=CCC=C3)c2)cc1C(F)(F)F. The van der Waals surface area contributed by atoms with Gasteiger partial charge in [-0.25, -0.2) is 0 Å². The van der Waals surface area contributed by atoms with Crippen LogP contribution in [0.4, 0.5) is 24.5 Å². The van der Waals surface area contributed by atoms with Crippen molar-refractivity contribution in [3.8, 4) is 11.8 Å². The second-order valence-electron chi connectivity index (χ2n) is 7.60.